The zero-order valence-electron chi connectivity index (χ0n) is 12.4. The Morgan fingerprint density at radius 3 is 2.20 bits per heavy atom. The van der Waals surface area contributed by atoms with Crippen molar-refractivity contribution in [2.24, 2.45) is 0 Å². The van der Waals surface area contributed by atoms with Crippen LogP contribution in [0.15, 0.2) is 54.6 Å². The van der Waals surface area contributed by atoms with Crippen LogP contribution in [-0.4, -0.2) is 16.9 Å². The maximum atomic E-state index is 12.4. The van der Waals surface area contributed by atoms with Crippen LogP contribution in [0.1, 0.15) is 29.3 Å². The number of carbonyl (C=O) groups is 2. The van der Waals surface area contributed by atoms with E-state index < -0.39 is 5.97 Å². The molecule has 1 N–H and O–H groups in total. The van der Waals surface area contributed by atoms with Gasteiger partial charge in [0.15, 0.2) is 5.78 Å². The van der Waals surface area contributed by atoms with Crippen molar-refractivity contribution in [3.63, 3.8) is 0 Å². The molecule has 3 nitrogen and oxygen atoms in total. The number of carbonyl (C=O) groups excluding carboxylic acids is 1. The summed E-state index contributed by atoms with van der Waals surface area (Å²) in [6.45, 7) is 0. The molecule has 0 amide bonds. The smallest absolute Gasteiger partial charge is 1.00 e. The fourth-order valence-corrected chi connectivity index (χ4v) is 1.95. The number of carboxylic acids is 1. The van der Waals surface area contributed by atoms with Crippen LogP contribution in [0.3, 0.4) is 0 Å². The van der Waals surface area contributed by atoms with Gasteiger partial charge in [0, 0.05) is 17.5 Å². The quantitative estimate of drug-likeness (QED) is 0.621. The van der Waals surface area contributed by atoms with Gasteiger partial charge in [-0.2, -0.15) is 0 Å². The third kappa shape index (κ3) is 4.30. The first-order valence-electron chi connectivity index (χ1n) is 6.08. The molecule has 2 aromatic carbocycles. The van der Waals surface area contributed by atoms with Crippen LogP contribution in [0.4, 0.5) is 0 Å². The molecule has 0 atom stereocenters. The predicted molar refractivity (Wildman–Crippen MR) is 73.4 cm³/mol. The average molecular weight is 278 g/mol. The van der Waals surface area contributed by atoms with Gasteiger partial charge in [-0.25, -0.2) is 0 Å². The minimum Gasteiger partial charge on any atom is -1.00 e. The molecule has 0 aliphatic heterocycles. The summed E-state index contributed by atoms with van der Waals surface area (Å²) in [5.74, 6) is -0.927. The maximum absolute atomic E-state index is 12.4. The molecular formula is C16H15NaO3. The van der Waals surface area contributed by atoms with E-state index in [0.717, 1.165) is 5.56 Å². The minimum absolute atomic E-state index is 0. The molecule has 4 heteroatoms. The van der Waals surface area contributed by atoms with E-state index in [9.17, 15) is 9.59 Å². The van der Waals surface area contributed by atoms with Gasteiger partial charge >= 0.3 is 35.5 Å². The van der Waals surface area contributed by atoms with Crippen LogP contribution in [-0.2, 0) is 11.2 Å². The summed E-state index contributed by atoms with van der Waals surface area (Å²) in [4.78, 5) is 23.0. The molecule has 2 rings (SSSR count). The Kier molecular flexibility index (Phi) is 6.65. The molecule has 0 fully saturated rings. The summed E-state index contributed by atoms with van der Waals surface area (Å²) in [5, 5.41) is 8.74. The topological polar surface area (TPSA) is 54.4 Å². The van der Waals surface area contributed by atoms with Gasteiger partial charge in [0.05, 0.1) is 0 Å². The minimum atomic E-state index is -0.859. The molecule has 98 valence electrons. The van der Waals surface area contributed by atoms with Gasteiger partial charge < -0.3 is 6.53 Å². The molecule has 0 unspecified atom stereocenters. The second-order valence-electron chi connectivity index (χ2n) is 4.25. The van der Waals surface area contributed by atoms with Crippen LogP contribution < -0.4 is 29.6 Å². The molecule has 0 aromatic heterocycles. The summed E-state index contributed by atoms with van der Waals surface area (Å²) < 4.78 is 0. The number of hydrogen-bond acceptors (Lipinski definition) is 2. The Labute approximate surface area is 141 Å². The van der Waals surface area contributed by atoms with Crippen LogP contribution in [0.25, 0.3) is 0 Å². The first-order valence-corrected chi connectivity index (χ1v) is 6.08. The SMILES string of the molecule is O=C(O)CCc1ccccc1C(=O)c1ccccc1.[H-].[Na+]. The molecule has 0 radical (unpaired) electrons. The van der Waals surface area contributed by atoms with E-state index in [1.165, 1.54) is 0 Å². The van der Waals surface area contributed by atoms with E-state index in [0.29, 0.717) is 17.5 Å². The molecule has 2 aromatic rings. The van der Waals surface area contributed by atoms with E-state index in [2.05, 4.69) is 0 Å². The van der Waals surface area contributed by atoms with Crippen molar-refractivity contribution in [1.82, 2.24) is 0 Å². The van der Waals surface area contributed by atoms with Crippen LogP contribution >= 0.6 is 0 Å². The van der Waals surface area contributed by atoms with E-state index in [4.69, 9.17) is 5.11 Å². The number of carboxylic acid groups (broad SMARTS) is 1. The third-order valence-corrected chi connectivity index (χ3v) is 2.91. The second-order valence-corrected chi connectivity index (χ2v) is 4.25. The third-order valence-electron chi connectivity index (χ3n) is 2.91. The summed E-state index contributed by atoms with van der Waals surface area (Å²) in [6.07, 6.45) is 0.392. The summed E-state index contributed by atoms with van der Waals surface area (Å²) in [5.41, 5.74) is 1.97. The van der Waals surface area contributed by atoms with Gasteiger partial charge in [-0.15, -0.1) is 0 Å². The standard InChI is InChI=1S/C16H14O3.Na.H/c17-15(18)11-10-12-6-4-5-9-14(12)16(19)13-7-2-1-3-8-13;;/h1-9H,10-11H2,(H,17,18);;/q;+1;-1. The zero-order chi connectivity index (χ0) is 13.7. The number of ketones is 1. The Bertz CT molecular complexity index is 599. The molecule has 0 saturated heterocycles. The van der Waals surface area contributed by atoms with E-state index in [1.54, 1.807) is 30.3 Å². The number of aryl methyl sites for hydroxylation is 1. The zero-order valence-corrected chi connectivity index (χ0v) is 13.4. The Morgan fingerprint density at radius 2 is 1.55 bits per heavy atom. The average Bonchev–Trinajstić information content (AvgIpc) is 2.45. The molecule has 0 saturated carbocycles. The van der Waals surface area contributed by atoms with E-state index >= 15 is 0 Å². The predicted octanol–water partition coefficient (Wildman–Crippen LogP) is 0.0513. The van der Waals surface area contributed by atoms with Gasteiger partial charge in [0.25, 0.3) is 0 Å². The molecule has 0 aliphatic rings. The monoisotopic (exact) mass is 278 g/mol. The first-order chi connectivity index (χ1) is 9.18. The Morgan fingerprint density at radius 1 is 0.950 bits per heavy atom. The maximum Gasteiger partial charge on any atom is 1.00 e. The summed E-state index contributed by atoms with van der Waals surface area (Å²) >= 11 is 0. The van der Waals surface area contributed by atoms with Crippen molar-refractivity contribution in [3.05, 3.63) is 71.3 Å². The molecule has 20 heavy (non-hydrogen) atoms. The molecule has 0 heterocycles. The van der Waals surface area contributed by atoms with Crippen LogP contribution in [0.5, 0.6) is 0 Å². The fourth-order valence-electron chi connectivity index (χ4n) is 1.95. The molecular weight excluding hydrogens is 263 g/mol. The molecule has 0 bridgehead atoms. The number of aliphatic carboxylic acids is 1. The van der Waals surface area contributed by atoms with Crippen molar-refractivity contribution in [1.29, 1.82) is 0 Å². The van der Waals surface area contributed by atoms with Crippen molar-refractivity contribution in [2.75, 3.05) is 0 Å². The second kappa shape index (κ2) is 8.00. The van der Waals surface area contributed by atoms with E-state index in [1.807, 2.05) is 24.3 Å². The van der Waals surface area contributed by atoms with Gasteiger partial charge in [-0.3, -0.25) is 9.59 Å². The number of benzene rings is 2. The Hall–Kier alpha value is -1.42. The van der Waals surface area contributed by atoms with Crippen LogP contribution in [0.2, 0.25) is 0 Å². The van der Waals surface area contributed by atoms with Gasteiger partial charge in [-0.05, 0) is 12.0 Å². The molecule has 0 spiro atoms. The first kappa shape index (κ1) is 16.6. The normalized spacial score (nSPS) is 9.60. The van der Waals surface area contributed by atoms with Crippen molar-refractivity contribution < 1.29 is 45.7 Å². The summed E-state index contributed by atoms with van der Waals surface area (Å²) in [6, 6.07) is 16.2. The van der Waals surface area contributed by atoms with Crippen LogP contribution in [0, 0.1) is 0 Å². The van der Waals surface area contributed by atoms with Crippen molar-refractivity contribution in [2.45, 2.75) is 12.8 Å². The Balaban J connectivity index is 0.00000200. The summed E-state index contributed by atoms with van der Waals surface area (Å²) in [7, 11) is 0. The number of hydrogen-bond donors (Lipinski definition) is 1. The largest absolute Gasteiger partial charge is 1.00 e. The van der Waals surface area contributed by atoms with Gasteiger partial charge in [0.1, 0.15) is 0 Å². The van der Waals surface area contributed by atoms with Crippen molar-refractivity contribution in [3.8, 4) is 0 Å². The van der Waals surface area contributed by atoms with Gasteiger partial charge in [-0.1, -0.05) is 54.6 Å². The van der Waals surface area contributed by atoms with E-state index in [-0.39, 0.29) is 43.2 Å². The van der Waals surface area contributed by atoms with Gasteiger partial charge in [0.2, 0.25) is 0 Å². The fraction of sp³-hybridized carbons (Fsp3) is 0.125. The molecule has 0 aliphatic carbocycles. The number of rotatable bonds is 5. The van der Waals surface area contributed by atoms with Crippen molar-refractivity contribution >= 4 is 11.8 Å².